The number of aryl methyl sites for hydroxylation is 1. The molecule has 1 saturated heterocycles. The molecule has 0 aliphatic carbocycles. The second-order valence-corrected chi connectivity index (χ2v) is 7.76. The number of rotatable bonds is 6. The SMILES string of the molecule is CSCC[C@H](NC(C)=O)C(=O)N1CC[C@H](n2c(C)nc3ccccc32)C1. The van der Waals surface area contributed by atoms with E-state index in [1.165, 1.54) is 6.92 Å². The van der Waals surface area contributed by atoms with Crippen molar-refractivity contribution in [3.63, 3.8) is 0 Å². The molecule has 2 amide bonds. The van der Waals surface area contributed by atoms with Gasteiger partial charge in [0.1, 0.15) is 11.9 Å². The van der Waals surface area contributed by atoms with Crippen LogP contribution in [0.2, 0.25) is 0 Å². The van der Waals surface area contributed by atoms with Gasteiger partial charge in [-0.1, -0.05) is 12.1 Å². The standard InChI is InChI=1S/C19H26N4O2S/c1-13-20-16-6-4-5-7-18(16)23(13)15-8-10-22(12-15)19(25)17(9-11-26-3)21-14(2)24/h4-7,15,17H,8-12H2,1-3H3,(H,21,24)/t15-,17-/m0/s1. The zero-order valence-corrected chi connectivity index (χ0v) is 16.4. The molecule has 1 aliphatic heterocycles. The normalized spacial score (nSPS) is 18.3. The molecule has 26 heavy (non-hydrogen) atoms. The third-order valence-corrected chi connectivity index (χ3v) is 5.54. The Kier molecular flexibility index (Phi) is 5.86. The van der Waals surface area contributed by atoms with Crippen LogP contribution in [0.15, 0.2) is 24.3 Å². The summed E-state index contributed by atoms with van der Waals surface area (Å²) in [7, 11) is 0. The van der Waals surface area contributed by atoms with E-state index in [1.807, 2.05) is 36.3 Å². The maximum atomic E-state index is 12.9. The van der Waals surface area contributed by atoms with Crippen molar-refractivity contribution in [2.75, 3.05) is 25.1 Å². The maximum Gasteiger partial charge on any atom is 0.245 e. The Morgan fingerprint density at radius 1 is 1.38 bits per heavy atom. The second kappa shape index (κ2) is 8.12. The number of para-hydroxylation sites is 2. The summed E-state index contributed by atoms with van der Waals surface area (Å²) in [6.07, 6.45) is 3.57. The van der Waals surface area contributed by atoms with Crippen LogP contribution in [0.5, 0.6) is 0 Å². The molecule has 0 spiro atoms. The fourth-order valence-corrected chi connectivity index (χ4v) is 4.21. The minimum Gasteiger partial charge on any atom is -0.345 e. The van der Waals surface area contributed by atoms with Crippen molar-refractivity contribution < 1.29 is 9.59 Å². The molecule has 2 atom stereocenters. The van der Waals surface area contributed by atoms with E-state index in [-0.39, 0.29) is 17.9 Å². The number of thioether (sulfide) groups is 1. The Balaban J connectivity index is 1.75. The summed E-state index contributed by atoms with van der Waals surface area (Å²) in [5, 5.41) is 2.82. The van der Waals surface area contributed by atoms with E-state index in [2.05, 4.69) is 20.9 Å². The molecule has 0 saturated carbocycles. The van der Waals surface area contributed by atoms with Gasteiger partial charge >= 0.3 is 0 Å². The molecule has 3 rings (SSSR count). The number of hydrogen-bond acceptors (Lipinski definition) is 4. The molecule has 1 N–H and O–H groups in total. The third kappa shape index (κ3) is 3.87. The van der Waals surface area contributed by atoms with Crippen molar-refractivity contribution in [1.82, 2.24) is 19.8 Å². The van der Waals surface area contributed by atoms with Crippen LogP contribution in [0.4, 0.5) is 0 Å². The Morgan fingerprint density at radius 2 is 2.15 bits per heavy atom. The lowest BCUT2D eigenvalue weighted by Gasteiger charge is -2.24. The summed E-state index contributed by atoms with van der Waals surface area (Å²) in [4.78, 5) is 30.9. The number of hydrogen-bond donors (Lipinski definition) is 1. The number of amides is 2. The fourth-order valence-electron chi connectivity index (χ4n) is 3.74. The average molecular weight is 375 g/mol. The summed E-state index contributed by atoms with van der Waals surface area (Å²) in [6.45, 7) is 4.86. The van der Waals surface area contributed by atoms with E-state index in [1.54, 1.807) is 11.8 Å². The van der Waals surface area contributed by atoms with Gasteiger partial charge in [-0.2, -0.15) is 11.8 Å². The van der Waals surface area contributed by atoms with Gasteiger partial charge in [0.25, 0.3) is 0 Å². The number of aromatic nitrogens is 2. The number of nitrogens with one attached hydrogen (secondary N) is 1. The van der Waals surface area contributed by atoms with Crippen LogP contribution in [-0.2, 0) is 9.59 Å². The fraction of sp³-hybridized carbons (Fsp3) is 0.526. The van der Waals surface area contributed by atoms with Crippen LogP contribution in [0, 0.1) is 6.92 Å². The van der Waals surface area contributed by atoms with Gasteiger partial charge in [-0.3, -0.25) is 9.59 Å². The highest BCUT2D eigenvalue weighted by molar-refractivity contribution is 7.98. The van der Waals surface area contributed by atoms with Gasteiger partial charge in [0.2, 0.25) is 11.8 Å². The Hall–Kier alpha value is -2.02. The van der Waals surface area contributed by atoms with Crippen LogP contribution in [-0.4, -0.2) is 57.4 Å². The first-order chi connectivity index (χ1) is 12.5. The number of carbonyl (C=O) groups is 2. The summed E-state index contributed by atoms with van der Waals surface area (Å²) < 4.78 is 2.25. The van der Waals surface area contributed by atoms with Crippen molar-refractivity contribution in [3.8, 4) is 0 Å². The van der Waals surface area contributed by atoms with Crippen molar-refractivity contribution in [1.29, 1.82) is 0 Å². The minimum atomic E-state index is -0.431. The molecule has 2 heterocycles. The van der Waals surface area contributed by atoms with E-state index in [0.717, 1.165) is 29.0 Å². The highest BCUT2D eigenvalue weighted by Crippen LogP contribution is 2.28. The number of carbonyl (C=O) groups excluding carboxylic acids is 2. The molecule has 1 aromatic heterocycles. The van der Waals surface area contributed by atoms with Gasteiger partial charge in [-0.25, -0.2) is 4.98 Å². The maximum absolute atomic E-state index is 12.9. The molecule has 0 unspecified atom stereocenters. The first-order valence-corrected chi connectivity index (χ1v) is 10.4. The van der Waals surface area contributed by atoms with Gasteiger partial charge in [0, 0.05) is 20.0 Å². The number of fused-ring (bicyclic) bond motifs is 1. The van der Waals surface area contributed by atoms with E-state index in [4.69, 9.17) is 0 Å². The van der Waals surface area contributed by atoms with Crippen LogP contribution in [0.25, 0.3) is 11.0 Å². The Bertz CT molecular complexity index is 804. The van der Waals surface area contributed by atoms with E-state index < -0.39 is 6.04 Å². The molecule has 140 valence electrons. The van der Waals surface area contributed by atoms with Crippen LogP contribution >= 0.6 is 11.8 Å². The molecular formula is C19H26N4O2S. The highest BCUT2D eigenvalue weighted by Gasteiger charge is 2.32. The molecule has 6 nitrogen and oxygen atoms in total. The van der Waals surface area contributed by atoms with Gasteiger partial charge in [0.15, 0.2) is 0 Å². The predicted octanol–water partition coefficient (Wildman–Crippen LogP) is 2.38. The second-order valence-electron chi connectivity index (χ2n) is 6.78. The quantitative estimate of drug-likeness (QED) is 0.843. The lowest BCUT2D eigenvalue weighted by Crippen LogP contribution is -2.47. The van der Waals surface area contributed by atoms with E-state index >= 15 is 0 Å². The first kappa shape index (κ1) is 18.8. The zero-order valence-electron chi connectivity index (χ0n) is 15.6. The minimum absolute atomic E-state index is 0.0267. The first-order valence-electron chi connectivity index (χ1n) is 8.99. The van der Waals surface area contributed by atoms with Crippen molar-refractivity contribution in [2.45, 2.75) is 38.8 Å². The number of imidazole rings is 1. The lowest BCUT2D eigenvalue weighted by molar-refractivity contribution is -0.135. The molecule has 1 aliphatic rings. The van der Waals surface area contributed by atoms with Crippen LogP contribution in [0.3, 0.4) is 0 Å². The number of likely N-dealkylation sites (tertiary alicyclic amines) is 1. The lowest BCUT2D eigenvalue weighted by atomic mass is 10.2. The van der Waals surface area contributed by atoms with Gasteiger partial charge in [-0.05, 0) is 43.9 Å². The topological polar surface area (TPSA) is 67.2 Å². The molecule has 2 aromatic rings. The zero-order chi connectivity index (χ0) is 18.7. The Labute approximate surface area is 158 Å². The molecule has 1 fully saturated rings. The molecular weight excluding hydrogens is 348 g/mol. The molecule has 7 heteroatoms. The number of nitrogens with zero attached hydrogens (tertiary/aromatic N) is 3. The van der Waals surface area contributed by atoms with Gasteiger partial charge in [0.05, 0.1) is 17.1 Å². The van der Waals surface area contributed by atoms with Crippen LogP contribution < -0.4 is 5.32 Å². The largest absolute Gasteiger partial charge is 0.345 e. The van der Waals surface area contributed by atoms with Gasteiger partial charge in [-0.15, -0.1) is 0 Å². The summed E-state index contributed by atoms with van der Waals surface area (Å²) in [6, 6.07) is 7.91. The molecule has 0 radical (unpaired) electrons. The van der Waals surface area contributed by atoms with Crippen LogP contribution in [0.1, 0.15) is 31.6 Å². The van der Waals surface area contributed by atoms with Crippen molar-refractivity contribution in [3.05, 3.63) is 30.1 Å². The van der Waals surface area contributed by atoms with E-state index in [0.29, 0.717) is 19.5 Å². The number of benzene rings is 1. The Morgan fingerprint density at radius 3 is 2.88 bits per heavy atom. The monoisotopic (exact) mass is 374 g/mol. The van der Waals surface area contributed by atoms with Crippen molar-refractivity contribution in [2.24, 2.45) is 0 Å². The smallest absolute Gasteiger partial charge is 0.245 e. The predicted molar refractivity (Wildman–Crippen MR) is 105 cm³/mol. The summed E-state index contributed by atoms with van der Waals surface area (Å²) in [5.74, 6) is 1.70. The molecule has 1 aromatic carbocycles. The average Bonchev–Trinajstić information content (AvgIpc) is 3.20. The van der Waals surface area contributed by atoms with Gasteiger partial charge < -0.3 is 14.8 Å². The molecule has 0 bridgehead atoms. The summed E-state index contributed by atoms with van der Waals surface area (Å²) in [5.41, 5.74) is 2.11. The summed E-state index contributed by atoms with van der Waals surface area (Å²) >= 11 is 1.68. The van der Waals surface area contributed by atoms with Crippen molar-refractivity contribution >= 4 is 34.6 Å². The highest BCUT2D eigenvalue weighted by atomic mass is 32.2. The third-order valence-electron chi connectivity index (χ3n) is 4.90. The van der Waals surface area contributed by atoms with E-state index in [9.17, 15) is 9.59 Å².